The van der Waals surface area contributed by atoms with Gasteiger partial charge >= 0.3 is 11.9 Å². The van der Waals surface area contributed by atoms with E-state index >= 15 is 0 Å². The summed E-state index contributed by atoms with van der Waals surface area (Å²) in [6.07, 6.45) is 0. The van der Waals surface area contributed by atoms with Gasteiger partial charge < -0.3 is 14.4 Å². The van der Waals surface area contributed by atoms with Crippen molar-refractivity contribution in [2.24, 2.45) is 0 Å². The molecular formula is C9H8N2O5. The Morgan fingerprint density at radius 3 is 2.81 bits per heavy atom. The van der Waals surface area contributed by atoms with Crippen molar-refractivity contribution in [3.8, 4) is 5.75 Å². The van der Waals surface area contributed by atoms with Gasteiger partial charge in [-0.15, -0.1) is 5.17 Å². The Bertz CT molecular complexity index is 434. The average molecular weight is 224 g/mol. The summed E-state index contributed by atoms with van der Waals surface area (Å²) in [6.45, 7) is 0. The van der Waals surface area contributed by atoms with Crippen LogP contribution >= 0.6 is 0 Å². The number of hydrogen-bond donors (Lipinski definition) is 1. The van der Waals surface area contributed by atoms with Crippen LogP contribution < -0.4 is 15.5 Å². The lowest BCUT2D eigenvalue weighted by atomic mass is 10.3. The molecule has 84 valence electrons. The van der Waals surface area contributed by atoms with Crippen molar-refractivity contribution in [2.75, 3.05) is 12.3 Å². The first kappa shape index (κ1) is 10.2. The van der Waals surface area contributed by atoms with Crippen molar-refractivity contribution in [3.05, 3.63) is 24.3 Å². The summed E-state index contributed by atoms with van der Waals surface area (Å²) in [7, 11) is 1.51. The van der Waals surface area contributed by atoms with Crippen LogP contribution in [0.15, 0.2) is 24.3 Å². The molecule has 1 aliphatic rings. The lowest BCUT2D eigenvalue weighted by Crippen LogP contribution is -2.49. The maximum Gasteiger partial charge on any atom is 0.444 e. The van der Waals surface area contributed by atoms with E-state index < -0.39 is 11.9 Å². The highest BCUT2D eigenvalue weighted by Crippen LogP contribution is 2.20. The first-order chi connectivity index (χ1) is 7.70. The van der Waals surface area contributed by atoms with Crippen LogP contribution in [0.4, 0.5) is 5.69 Å². The van der Waals surface area contributed by atoms with E-state index in [0.717, 1.165) is 5.17 Å². The van der Waals surface area contributed by atoms with Gasteiger partial charge in [0.15, 0.2) is 0 Å². The van der Waals surface area contributed by atoms with E-state index in [1.54, 1.807) is 24.3 Å². The molecule has 2 rings (SSSR count). The topological polar surface area (TPSA) is 77.1 Å². The first-order valence-corrected chi connectivity index (χ1v) is 4.33. The van der Waals surface area contributed by atoms with Crippen molar-refractivity contribution in [1.29, 1.82) is 0 Å². The van der Waals surface area contributed by atoms with Gasteiger partial charge in [0.25, 0.3) is 0 Å². The number of hydrazine groups is 1. The van der Waals surface area contributed by atoms with Crippen LogP contribution in [0, 0.1) is 0 Å². The van der Waals surface area contributed by atoms with Crippen molar-refractivity contribution >= 4 is 17.6 Å². The molecule has 0 bridgehead atoms. The van der Waals surface area contributed by atoms with E-state index in [4.69, 9.17) is 4.74 Å². The molecule has 0 atom stereocenters. The number of benzene rings is 1. The van der Waals surface area contributed by atoms with E-state index in [1.165, 1.54) is 7.11 Å². The number of rotatable bonds is 2. The molecule has 0 aliphatic carbocycles. The third-order valence-corrected chi connectivity index (χ3v) is 1.85. The molecule has 1 heterocycles. The maximum atomic E-state index is 10.9. The Kier molecular flexibility index (Phi) is 2.61. The van der Waals surface area contributed by atoms with E-state index in [-0.39, 0.29) is 0 Å². The molecule has 0 radical (unpaired) electrons. The van der Waals surface area contributed by atoms with Crippen LogP contribution in [-0.4, -0.2) is 19.0 Å². The largest absolute Gasteiger partial charge is 0.497 e. The van der Waals surface area contributed by atoms with Crippen LogP contribution in [0.1, 0.15) is 0 Å². The van der Waals surface area contributed by atoms with E-state index in [9.17, 15) is 9.59 Å². The van der Waals surface area contributed by atoms with Crippen molar-refractivity contribution in [3.63, 3.8) is 0 Å². The summed E-state index contributed by atoms with van der Waals surface area (Å²) in [5, 5.41) is 0.923. The van der Waals surface area contributed by atoms with Crippen LogP contribution in [0.3, 0.4) is 0 Å². The number of nitrogens with one attached hydrogen (secondary N) is 1. The molecule has 1 fully saturated rings. The average Bonchev–Trinajstić information content (AvgIpc) is 2.33. The fraction of sp³-hybridized carbons (Fsp3) is 0.111. The zero-order chi connectivity index (χ0) is 11.5. The number of ether oxygens (including phenoxy) is 1. The van der Waals surface area contributed by atoms with E-state index in [1.807, 2.05) is 0 Å². The monoisotopic (exact) mass is 224 g/mol. The number of carbonyl (C=O) groups is 2. The third-order valence-electron chi connectivity index (χ3n) is 1.85. The van der Waals surface area contributed by atoms with Crippen LogP contribution in [0.2, 0.25) is 0 Å². The van der Waals surface area contributed by atoms with E-state index in [0.29, 0.717) is 11.4 Å². The molecule has 0 amide bonds. The van der Waals surface area contributed by atoms with Gasteiger partial charge in [0.1, 0.15) is 11.4 Å². The number of nitrogens with zero attached hydrogens (tertiary/aromatic N) is 1. The fourth-order valence-electron chi connectivity index (χ4n) is 1.11. The van der Waals surface area contributed by atoms with Crippen molar-refractivity contribution in [1.82, 2.24) is 5.59 Å². The van der Waals surface area contributed by atoms with Crippen molar-refractivity contribution in [2.45, 2.75) is 0 Å². The van der Waals surface area contributed by atoms with Gasteiger partial charge in [-0.2, -0.15) is 0 Å². The Morgan fingerprint density at radius 2 is 2.12 bits per heavy atom. The van der Waals surface area contributed by atoms with Gasteiger partial charge in [-0.25, -0.2) is 9.59 Å². The SMILES string of the molecule is COc1cccc(N2NOC(=O)C(=O)O2)c1. The zero-order valence-corrected chi connectivity index (χ0v) is 8.30. The van der Waals surface area contributed by atoms with Crippen LogP contribution in [0.5, 0.6) is 5.75 Å². The number of carbonyl (C=O) groups excluding carboxylic acids is 2. The summed E-state index contributed by atoms with van der Waals surface area (Å²) in [6, 6.07) is 6.66. The smallest absolute Gasteiger partial charge is 0.444 e. The molecule has 0 spiro atoms. The van der Waals surface area contributed by atoms with Gasteiger partial charge in [0, 0.05) is 6.07 Å². The molecule has 16 heavy (non-hydrogen) atoms. The second-order valence-electron chi connectivity index (χ2n) is 2.86. The Labute approximate surface area is 90.4 Å². The quantitative estimate of drug-likeness (QED) is 0.705. The summed E-state index contributed by atoms with van der Waals surface area (Å²) >= 11 is 0. The summed E-state index contributed by atoms with van der Waals surface area (Å²) in [4.78, 5) is 30.6. The number of hydrogen-bond acceptors (Lipinski definition) is 7. The summed E-state index contributed by atoms with van der Waals surface area (Å²) < 4.78 is 4.99. The van der Waals surface area contributed by atoms with Gasteiger partial charge in [0.2, 0.25) is 0 Å². The van der Waals surface area contributed by atoms with Gasteiger partial charge in [-0.3, -0.25) is 0 Å². The normalized spacial score (nSPS) is 15.4. The zero-order valence-electron chi connectivity index (χ0n) is 8.30. The lowest BCUT2D eigenvalue weighted by molar-refractivity contribution is -0.192. The third kappa shape index (κ3) is 1.89. The molecule has 0 aromatic heterocycles. The fourth-order valence-corrected chi connectivity index (χ4v) is 1.11. The lowest BCUT2D eigenvalue weighted by Gasteiger charge is -2.25. The molecule has 1 aliphatic heterocycles. The van der Waals surface area contributed by atoms with Gasteiger partial charge in [-0.1, -0.05) is 6.07 Å². The minimum atomic E-state index is -1.10. The Balaban J connectivity index is 2.18. The highest BCUT2D eigenvalue weighted by atomic mass is 16.9. The van der Waals surface area contributed by atoms with Crippen LogP contribution in [0.25, 0.3) is 0 Å². The molecule has 1 aromatic rings. The molecule has 0 saturated carbocycles. The minimum absolute atomic E-state index is 0.459. The summed E-state index contributed by atoms with van der Waals surface area (Å²) in [5.74, 6) is -1.62. The minimum Gasteiger partial charge on any atom is -0.497 e. The molecule has 7 heteroatoms. The molecule has 1 N–H and O–H groups in total. The van der Waals surface area contributed by atoms with Gasteiger partial charge in [0.05, 0.1) is 7.11 Å². The predicted molar refractivity (Wildman–Crippen MR) is 50.8 cm³/mol. The predicted octanol–water partition coefficient (Wildman–Crippen LogP) is -0.0638. The molecule has 7 nitrogen and oxygen atoms in total. The van der Waals surface area contributed by atoms with Crippen LogP contribution in [-0.2, 0) is 19.3 Å². The second-order valence-corrected chi connectivity index (χ2v) is 2.86. The van der Waals surface area contributed by atoms with E-state index in [2.05, 4.69) is 15.3 Å². The van der Waals surface area contributed by atoms with Gasteiger partial charge in [-0.05, 0) is 17.7 Å². The first-order valence-electron chi connectivity index (χ1n) is 4.33. The Hall–Kier alpha value is -2.28. The van der Waals surface area contributed by atoms with Crippen molar-refractivity contribution < 1.29 is 24.0 Å². The molecule has 1 aromatic carbocycles. The maximum absolute atomic E-state index is 10.9. The highest BCUT2D eigenvalue weighted by molar-refractivity contribution is 6.30. The molecule has 0 unspecified atom stereocenters. The summed E-state index contributed by atoms with van der Waals surface area (Å²) in [5.41, 5.74) is 2.61. The molecule has 1 saturated heterocycles. The number of anilines is 1. The Morgan fingerprint density at radius 1 is 1.31 bits per heavy atom. The molecular weight excluding hydrogens is 216 g/mol. The standard InChI is InChI=1S/C9H8N2O5/c1-14-7-4-2-3-6(5-7)11-10-15-8(12)9(13)16-11/h2-5,10H,1H3. The number of methoxy groups -OCH3 is 1. The highest BCUT2D eigenvalue weighted by Gasteiger charge is 2.29. The second kappa shape index (κ2) is 4.07.